The maximum atomic E-state index is 10.7. The summed E-state index contributed by atoms with van der Waals surface area (Å²) in [6.07, 6.45) is 0.522. The topological polar surface area (TPSA) is 66.4 Å². The summed E-state index contributed by atoms with van der Waals surface area (Å²) >= 11 is 0. The van der Waals surface area contributed by atoms with Gasteiger partial charge in [0, 0.05) is 5.69 Å². The van der Waals surface area contributed by atoms with Crippen molar-refractivity contribution in [3.05, 3.63) is 29.3 Å². The quantitative estimate of drug-likeness (QED) is 0.686. The normalized spacial score (nSPS) is 9.31. The lowest BCUT2D eigenvalue weighted by atomic mass is 10.1. The van der Waals surface area contributed by atoms with Gasteiger partial charge in [0.2, 0.25) is 6.41 Å². The van der Waals surface area contributed by atoms with Crippen LogP contribution in [0, 0.1) is 6.92 Å². The number of carbonyl (C=O) groups is 2. The van der Waals surface area contributed by atoms with Crippen molar-refractivity contribution < 1.29 is 14.7 Å². The first-order valence-corrected chi connectivity index (χ1v) is 3.70. The highest BCUT2D eigenvalue weighted by molar-refractivity contribution is 5.92. The molecule has 4 nitrogen and oxygen atoms in total. The first-order valence-electron chi connectivity index (χ1n) is 3.70. The number of hydrogen-bond donors (Lipinski definition) is 2. The van der Waals surface area contributed by atoms with E-state index in [0.29, 0.717) is 17.7 Å². The summed E-state index contributed by atoms with van der Waals surface area (Å²) in [4.78, 5) is 20.8. The van der Waals surface area contributed by atoms with Gasteiger partial charge in [0.15, 0.2) is 0 Å². The van der Waals surface area contributed by atoms with E-state index in [1.54, 1.807) is 19.1 Å². The molecule has 0 aliphatic rings. The van der Waals surface area contributed by atoms with Gasteiger partial charge in [0.1, 0.15) is 0 Å². The van der Waals surface area contributed by atoms with Gasteiger partial charge < -0.3 is 10.4 Å². The summed E-state index contributed by atoms with van der Waals surface area (Å²) in [5, 5.41) is 11.2. The number of anilines is 1. The number of rotatable bonds is 3. The van der Waals surface area contributed by atoms with Crippen LogP contribution in [0.3, 0.4) is 0 Å². The van der Waals surface area contributed by atoms with Crippen molar-refractivity contribution >= 4 is 18.1 Å². The molecule has 0 fully saturated rings. The Balaban J connectivity index is 3.17. The fraction of sp³-hybridized carbons (Fsp3) is 0.111. The van der Waals surface area contributed by atoms with Gasteiger partial charge in [-0.3, -0.25) is 4.79 Å². The molecule has 0 heterocycles. The number of carboxylic acids is 1. The van der Waals surface area contributed by atoms with Crippen molar-refractivity contribution in [2.45, 2.75) is 6.92 Å². The molecule has 1 amide bonds. The molecule has 1 rings (SSSR count). The molecule has 0 aliphatic carbocycles. The first kappa shape index (κ1) is 9.25. The van der Waals surface area contributed by atoms with E-state index in [0.717, 1.165) is 0 Å². The molecule has 1 aromatic carbocycles. The van der Waals surface area contributed by atoms with E-state index < -0.39 is 5.97 Å². The van der Waals surface area contributed by atoms with Crippen LogP contribution in [0.15, 0.2) is 18.2 Å². The number of benzene rings is 1. The molecule has 2 N–H and O–H groups in total. The smallest absolute Gasteiger partial charge is 0.336 e. The van der Waals surface area contributed by atoms with E-state index >= 15 is 0 Å². The van der Waals surface area contributed by atoms with Crippen molar-refractivity contribution in [2.24, 2.45) is 0 Å². The Morgan fingerprint density at radius 2 is 2.23 bits per heavy atom. The average Bonchev–Trinajstić information content (AvgIpc) is 2.08. The molecule has 0 saturated heterocycles. The van der Waals surface area contributed by atoms with Gasteiger partial charge >= 0.3 is 5.97 Å². The van der Waals surface area contributed by atoms with Crippen LogP contribution in [-0.2, 0) is 4.79 Å². The lowest BCUT2D eigenvalue weighted by Crippen LogP contribution is -2.03. The van der Waals surface area contributed by atoms with Crippen LogP contribution < -0.4 is 5.32 Å². The molecule has 0 spiro atoms. The Morgan fingerprint density at radius 1 is 1.54 bits per heavy atom. The maximum absolute atomic E-state index is 10.7. The highest BCUT2D eigenvalue weighted by atomic mass is 16.4. The summed E-state index contributed by atoms with van der Waals surface area (Å²) in [5.74, 6) is -0.993. The van der Waals surface area contributed by atoms with Gasteiger partial charge in [-0.15, -0.1) is 0 Å². The molecule has 0 atom stereocenters. The fourth-order valence-corrected chi connectivity index (χ4v) is 1.09. The molecule has 68 valence electrons. The maximum Gasteiger partial charge on any atom is 0.336 e. The van der Waals surface area contributed by atoms with E-state index in [9.17, 15) is 9.59 Å². The van der Waals surface area contributed by atoms with Crippen LogP contribution >= 0.6 is 0 Å². The van der Waals surface area contributed by atoms with Crippen LogP contribution in [0.4, 0.5) is 5.69 Å². The van der Waals surface area contributed by atoms with Crippen molar-refractivity contribution in [1.29, 1.82) is 0 Å². The molecular formula is C9H9NO3. The number of amides is 1. The highest BCUT2D eigenvalue weighted by Gasteiger charge is 2.08. The number of aromatic carboxylic acids is 1. The Morgan fingerprint density at radius 3 is 2.77 bits per heavy atom. The van der Waals surface area contributed by atoms with Crippen molar-refractivity contribution in [3.63, 3.8) is 0 Å². The Kier molecular flexibility index (Phi) is 2.64. The van der Waals surface area contributed by atoms with E-state index in [2.05, 4.69) is 5.32 Å². The molecule has 0 aliphatic heterocycles. The predicted octanol–water partition coefficient (Wildman–Crippen LogP) is 1.26. The Hall–Kier alpha value is -1.84. The molecule has 0 bridgehead atoms. The molecular weight excluding hydrogens is 170 g/mol. The monoisotopic (exact) mass is 179 g/mol. The second kappa shape index (κ2) is 3.71. The lowest BCUT2D eigenvalue weighted by molar-refractivity contribution is -0.105. The summed E-state index contributed by atoms with van der Waals surface area (Å²) in [6, 6.07) is 4.73. The molecule has 0 unspecified atom stereocenters. The van der Waals surface area contributed by atoms with E-state index in [4.69, 9.17) is 5.11 Å². The Labute approximate surface area is 75.2 Å². The zero-order valence-corrected chi connectivity index (χ0v) is 7.07. The fourth-order valence-electron chi connectivity index (χ4n) is 1.09. The number of hydrogen-bond acceptors (Lipinski definition) is 2. The predicted molar refractivity (Wildman–Crippen MR) is 47.8 cm³/mol. The van der Waals surface area contributed by atoms with Crippen LogP contribution in [0.25, 0.3) is 0 Å². The minimum Gasteiger partial charge on any atom is -0.478 e. The summed E-state index contributed by atoms with van der Waals surface area (Å²) in [5.41, 5.74) is 1.28. The molecule has 4 heteroatoms. The average molecular weight is 179 g/mol. The second-order valence-electron chi connectivity index (χ2n) is 2.55. The summed E-state index contributed by atoms with van der Waals surface area (Å²) < 4.78 is 0. The van der Waals surface area contributed by atoms with Crippen molar-refractivity contribution in [2.75, 3.05) is 5.32 Å². The van der Waals surface area contributed by atoms with Crippen molar-refractivity contribution in [1.82, 2.24) is 0 Å². The van der Waals surface area contributed by atoms with E-state index in [1.807, 2.05) is 0 Å². The molecule has 0 saturated carbocycles. The lowest BCUT2D eigenvalue weighted by Gasteiger charge is -2.05. The van der Waals surface area contributed by atoms with Gasteiger partial charge in [-0.1, -0.05) is 6.07 Å². The van der Waals surface area contributed by atoms with E-state index in [-0.39, 0.29) is 5.56 Å². The summed E-state index contributed by atoms with van der Waals surface area (Å²) in [7, 11) is 0. The van der Waals surface area contributed by atoms with Gasteiger partial charge in [0.25, 0.3) is 0 Å². The first-order chi connectivity index (χ1) is 6.16. The largest absolute Gasteiger partial charge is 0.478 e. The molecule has 0 radical (unpaired) electrons. The zero-order valence-electron chi connectivity index (χ0n) is 7.07. The minimum atomic E-state index is -0.993. The number of carboxylic acid groups (broad SMARTS) is 1. The summed E-state index contributed by atoms with van der Waals surface area (Å²) in [6.45, 7) is 1.65. The van der Waals surface area contributed by atoms with Gasteiger partial charge in [0.05, 0.1) is 5.56 Å². The van der Waals surface area contributed by atoms with Crippen LogP contribution in [0.5, 0.6) is 0 Å². The number of nitrogens with one attached hydrogen (secondary N) is 1. The van der Waals surface area contributed by atoms with E-state index in [1.165, 1.54) is 6.07 Å². The molecule has 0 aromatic heterocycles. The van der Waals surface area contributed by atoms with Crippen molar-refractivity contribution in [3.8, 4) is 0 Å². The Bertz CT molecular complexity index is 347. The second-order valence-corrected chi connectivity index (χ2v) is 2.55. The zero-order chi connectivity index (χ0) is 9.84. The molecule has 1 aromatic rings. The third kappa shape index (κ3) is 1.84. The van der Waals surface area contributed by atoms with Crippen LogP contribution in [0.1, 0.15) is 15.9 Å². The van der Waals surface area contributed by atoms with Crippen LogP contribution in [-0.4, -0.2) is 17.5 Å². The van der Waals surface area contributed by atoms with Gasteiger partial charge in [-0.05, 0) is 24.6 Å². The van der Waals surface area contributed by atoms with Gasteiger partial charge in [-0.2, -0.15) is 0 Å². The molecule has 13 heavy (non-hydrogen) atoms. The minimum absolute atomic E-state index is 0.201. The standard InChI is InChI=1S/C9H9NO3/c1-6-7(9(12)13)3-2-4-8(6)10-5-11/h2-5H,1H3,(H,10,11)(H,12,13). The third-order valence-electron chi connectivity index (χ3n) is 1.78. The number of carbonyl (C=O) groups excluding carboxylic acids is 1. The third-order valence-corrected chi connectivity index (χ3v) is 1.78. The SMILES string of the molecule is Cc1c(NC=O)cccc1C(=O)O. The van der Waals surface area contributed by atoms with Gasteiger partial charge in [-0.25, -0.2) is 4.79 Å². The van der Waals surface area contributed by atoms with Crippen LogP contribution in [0.2, 0.25) is 0 Å². The highest BCUT2D eigenvalue weighted by Crippen LogP contribution is 2.17.